The van der Waals surface area contributed by atoms with Crippen LogP contribution < -0.4 is 0 Å². The van der Waals surface area contributed by atoms with E-state index in [4.69, 9.17) is 16.3 Å². The zero-order valence-corrected chi connectivity index (χ0v) is 12.8. The number of aromatic nitrogens is 2. The van der Waals surface area contributed by atoms with Gasteiger partial charge in [-0.05, 0) is 32.0 Å². The van der Waals surface area contributed by atoms with Gasteiger partial charge in [0.15, 0.2) is 11.5 Å². The molecule has 1 aromatic heterocycles. The maximum atomic E-state index is 14.1. The molecule has 0 saturated carbocycles. The van der Waals surface area contributed by atoms with E-state index < -0.39 is 28.5 Å². The summed E-state index contributed by atoms with van der Waals surface area (Å²) in [6.45, 7) is 3.23. The molecular formula is C14H11ClF4N2O2. The lowest BCUT2D eigenvalue weighted by atomic mass is 10.2. The Morgan fingerprint density at radius 1 is 1.35 bits per heavy atom. The molecular weight excluding hydrogens is 340 g/mol. The Morgan fingerprint density at radius 3 is 2.52 bits per heavy atom. The zero-order chi connectivity index (χ0) is 17.4. The predicted molar refractivity (Wildman–Crippen MR) is 74.2 cm³/mol. The minimum Gasteiger partial charge on any atom is -0.461 e. The van der Waals surface area contributed by atoms with Gasteiger partial charge in [0.1, 0.15) is 5.69 Å². The molecule has 0 aliphatic carbocycles. The normalized spacial score (nSPS) is 11.6. The average molecular weight is 351 g/mol. The summed E-state index contributed by atoms with van der Waals surface area (Å²) < 4.78 is 57.8. The van der Waals surface area contributed by atoms with Crippen LogP contribution in [0.1, 0.15) is 28.7 Å². The van der Waals surface area contributed by atoms with Crippen LogP contribution in [-0.2, 0) is 10.9 Å². The molecule has 2 aromatic rings. The van der Waals surface area contributed by atoms with Gasteiger partial charge in [0, 0.05) is 5.69 Å². The summed E-state index contributed by atoms with van der Waals surface area (Å²) >= 11 is 5.78. The van der Waals surface area contributed by atoms with E-state index in [1.54, 1.807) is 6.92 Å². The summed E-state index contributed by atoms with van der Waals surface area (Å²) in [7, 11) is 0. The lowest BCUT2D eigenvalue weighted by Crippen LogP contribution is -2.10. The van der Waals surface area contributed by atoms with E-state index in [9.17, 15) is 22.4 Å². The minimum absolute atomic E-state index is 0.0975. The van der Waals surface area contributed by atoms with Crippen molar-refractivity contribution in [3.05, 3.63) is 46.0 Å². The van der Waals surface area contributed by atoms with E-state index in [0.717, 1.165) is 4.68 Å². The molecule has 124 valence electrons. The number of nitrogens with zero attached hydrogens (tertiary/aromatic N) is 2. The van der Waals surface area contributed by atoms with Crippen molar-refractivity contribution in [3.63, 3.8) is 0 Å². The molecule has 1 heterocycles. The third-order valence-electron chi connectivity index (χ3n) is 2.93. The molecule has 0 aliphatic heterocycles. The molecule has 0 amide bonds. The standard InChI is InChI=1S/C14H11ClF4N2O2/c1-3-23-13(22)11-4-7(2)21(20-11)12-9(15)5-8(6-10(12)16)14(17,18)19/h4-6H,3H2,1-2H3. The fourth-order valence-corrected chi connectivity index (χ4v) is 2.23. The second-order valence-corrected chi connectivity index (χ2v) is 5.00. The Morgan fingerprint density at radius 2 is 2.00 bits per heavy atom. The highest BCUT2D eigenvalue weighted by Crippen LogP contribution is 2.35. The predicted octanol–water partition coefficient (Wildman–Crippen LogP) is 4.17. The number of hydrogen-bond donors (Lipinski definition) is 0. The first-order valence-corrected chi connectivity index (χ1v) is 6.83. The molecule has 1 aromatic carbocycles. The number of esters is 1. The van der Waals surface area contributed by atoms with Crippen molar-refractivity contribution in [3.8, 4) is 5.69 Å². The van der Waals surface area contributed by atoms with E-state index in [2.05, 4.69) is 5.10 Å². The number of carbonyl (C=O) groups excluding carboxylic acids is 1. The quantitative estimate of drug-likeness (QED) is 0.616. The smallest absolute Gasteiger partial charge is 0.416 e. The topological polar surface area (TPSA) is 44.1 Å². The lowest BCUT2D eigenvalue weighted by molar-refractivity contribution is -0.137. The molecule has 0 fully saturated rings. The van der Waals surface area contributed by atoms with Gasteiger partial charge in [0.2, 0.25) is 0 Å². The van der Waals surface area contributed by atoms with Crippen LogP contribution in [0.4, 0.5) is 17.6 Å². The van der Waals surface area contributed by atoms with Gasteiger partial charge in [-0.3, -0.25) is 0 Å². The summed E-state index contributed by atoms with van der Waals surface area (Å²) in [5, 5.41) is 3.38. The van der Waals surface area contributed by atoms with Gasteiger partial charge in [-0.1, -0.05) is 11.6 Å². The van der Waals surface area contributed by atoms with Crippen LogP contribution in [-0.4, -0.2) is 22.4 Å². The van der Waals surface area contributed by atoms with Gasteiger partial charge in [-0.15, -0.1) is 0 Å². The van der Waals surface area contributed by atoms with Gasteiger partial charge < -0.3 is 4.74 Å². The SMILES string of the molecule is CCOC(=O)c1cc(C)n(-c2c(F)cc(C(F)(F)F)cc2Cl)n1. The minimum atomic E-state index is -4.72. The van der Waals surface area contributed by atoms with E-state index in [1.807, 2.05) is 0 Å². The Hall–Kier alpha value is -2.09. The Bertz CT molecular complexity index is 733. The van der Waals surface area contributed by atoms with Crippen LogP contribution in [0.2, 0.25) is 5.02 Å². The highest BCUT2D eigenvalue weighted by Gasteiger charge is 2.33. The second kappa shape index (κ2) is 6.19. The van der Waals surface area contributed by atoms with E-state index in [0.29, 0.717) is 17.8 Å². The Kier molecular flexibility index (Phi) is 4.65. The molecule has 23 heavy (non-hydrogen) atoms. The van der Waals surface area contributed by atoms with Gasteiger partial charge >= 0.3 is 12.1 Å². The third-order valence-corrected chi connectivity index (χ3v) is 3.22. The van der Waals surface area contributed by atoms with Crippen molar-refractivity contribution in [2.75, 3.05) is 6.61 Å². The highest BCUT2D eigenvalue weighted by molar-refractivity contribution is 6.32. The summed E-state index contributed by atoms with van der Waals surface area (Å²) in [6, 6.07) is 2.25. The average Bonchev–Trinajstić information content (AvgIpc) is 2.79. The molecule has 0 N–H and O–H groups in total. The van der Waals surface area contributed by atoms with E-state index >= 15 is 0 Å². The van der Waals surface area contributed by atoms with Crippen LogP contribution in [0.5, 0.6) is 0 Å². The lowest BCUT2D eigenvalue weighted by Gasteiger charge is -2.12. The van der Waals surface area contributed by atoms with Gasteiger partial charge in [0.05, 0.1) is 17.2 Å². The molecule has 0 unspecified atom stereocenters. The first-order chi connectivity index (χ1) is 10.6. The molecule has 2 rings (SSSR count). The van der Waals surface area contributed by atoms with Crippen LogP contribution in [0.25, 0.3) is 5.69 Å². The van der Waals surface area contributed by atoms with Crippen molar-refractivity contribution < 1.29 is 27.1 Å². The van der Waals surface area contributed by atoms with Gasteiger partial charge in [0.25, 0.3) is 0 Å². The number of halogens is 5. The fourth-order valence-electron chi connectivity index (χ4n) is 1.94. The van der Waals surface area contributed by atoms with Crippen LogP contribution >= 0.6 is 11.6 Å². The third kappa shape index (κ3) is 3.47. The first kappa shape index (κ1) is 17.3. The summed E-state index contributed by atoms with van der Waals surface area (Å²) in [6.07, 6.45) is -4.72. The maximum Gasteiger partial charge on any atom is 0.416 e. The van der Waals surface area contributed by atoms with E-state index in [-0.39, 0.29) is 18.0 Å². The molecule has 0 radical (unpaired) electrons. The summed E-state index contributed by atoms with van der Waals surface area (Å²) in [4.78, 5) is 11.6. The van der Waals surface area contributed by atoms with Gasteiger partial charge in [-0.2, -0.15) is 18.3 Å². The number of rotatable bonds is 3. The van der Waals surface area contributed by atoms with E-state index in [1.165, 1.54) is 13.0 Å². The molecule has 0 bridgehead atoms. The monoisotopic (exact) mass is 350 g/mol. The van der Waals surface area contributed by atoms with Crippen molar-refractivity contribution in [1.82, 2.24) is 9.78 Å². The number of aryl methyl sites for hydroxylation is 1. The fraction of sp³-hybridized carbons (Fsp3) is 0.286. The van der Waals surface area contributed by atoms with Crippen LogP contribution in [0, 0.1) is 12.7 Å². The summed E-state index contributed by atoms with van der Waals surface area (Å²) in [5.41, 5.74) is -1.36. The first-order valence-electron chi connectivity index (χ1n) is 6.45. The summed E-state index contributed by atoms with van der Waals surface area (Å²) in [5.74, 6) is -1.93. The number of hydrogen-bond acceptors (Lipinski definition) is 3. The maximum absolute atomic E-state index is 14.1. The number of carbonyl (C=O) groups is 1. The molecule has 0 spiro atoms. The van der Waals surface area contributed by atoms with Crippen LogP contribution in [0.15, 0.2) is 18.2 Å². The van der Waals surface area contributed by atoms with Crippen LogP contribution in [0.3, 0.4) is 0 Å². The number of benzene rings is 1. The molecule has 0 aliphatic rings. The Labute approximate surface area is 133 Å². The van der Waals surface area contributed by atoms with Crippen molar-refractivity contribution in [2.45, 2.75) is 20.0 Å². The number of alkyl halides is 3. The number of ether oxygens (including phenoxy) is 1. The largest absolute Gasteiger partial charge is 0.461 e. The second-order valence-electron chi connectivity index (χ2n) is 4.59. The van der Waals surface area contributed by atoms with Crippen molar-refractivity contribution in [1.29, 1.82) is 0 Å². The van der Waals surface area contributed by atoms with Gasteiger partial charge in [-0.25, -0.2) is 13.9 Å². The molecule has 4 nitrogen and oxygen atoms in total. The zero-order valence-electron chi connectivity index (χ0n) is 12.0. The molecule has 9 heteroatoms. The molecule has 0 atom stereocenters. The Balaban J connectivity index is 2.53. The highest BCUT2D eigenvalue weighted by atomic mass is 35.5. The van der Waals surface area contributed by atoms with Crippen molar-refractivity contribution in [2.24, 2.45) is 0 Å². The molecule has 0 saturated heterocycles. The van der Waals surface area contributed by atoms with Crippen molar-refractivity contribution >= 4 is 17.6 Å².